The Morgan fingerprint density at radius 2 is 1.69 bits per heavy atom. The third-order valence-corrected chi connectivity index (χ3v) is 6.55. The van der Waals surface area contributed by atoms with E-state index < -0.39 is 28.3 Å². The first-order valence-corrected chi connectivity index (χ1v) is 10.5. The lowest BCUT2D eigenvalue weighted by Crippen LogP contribution is -2.41. The molecule has 0 unspecified atom stereocenters. The van der Waals surface area contributed by atoms with Crippen LogP contribution in [0.1, 0.15) is 27.7 Å². The number of nitrogens with one attached hydrogen (secondary N) is 1. The van der Waals surface area contributed by atoms with Crippen LogP contribution in [0.25, 0.3) is 0 Å². The lowest BCUT2D eigenvalue weighted by molar-refractivity contribution is 0.00578. The Morgan fingerprint density at radius 1 is 1.03 bits per heavy atom. The molecule has 1 fully saturated rings. The van der Waals surface area contributed by atoms with Gasteiger partial charge in [-0.2, -0.15) is 0 Å². The molecule has 0 atom stereocenters. The third kappa shape index (κ3) is 4.19. The molecule has 0 saturated carbocycles. The van der Waals surface area contributed by atoms with Crippen molar-refractivity contribution in [3.05, 3.63) is 36.5 Å². The van der Waals surface area contributed by atoms with Gasteiger partial charge in [0.05, 0.1) is 31.1 Å². The van der Waals surface area contributed by atoms with Crippen molar-refractivity contribution in [1.29, 1.82) is 0 Å². The molecule has 0 bridgehead atoms. The number of hydrogen-bond acceptors (Lipinski definition) is 7. The number of nitrogens with zero attached hydrogens (tertiary/aromatic N) is 1. The summed E-state index contributed by atoms with van der Waals surface area (Å²) in [7, 11) is -1.87. The lowest BCUT2D eigenvalue weighted by Gasteiger charge is -2.32. The van der Waals surface area contributed by atoms with Gasteiger partial charge in [0.1, 0.15) is 10.6 Å². The van der Waals surface area contributed by atoms with Crippen LogP contribution in [0.3, 0.4) is 0 Å². The molecule has 0 radical (unpaired) electrons. The van der Waals surface area contributed by atoms with Crippen molar-refractivity contribution in [3.63, 3.8) is 0 Å². The highest BCUT2D eigenvalue weighted by molar-refractivity contribution is 7.92. The summed E-state index contributed by atoms with van der Waals surface area (Å²) in [5.74, 6) is 0.502. The fraction of sp³-hybridized carbons (Fsp3) is 0.421. The fourth-order valence-electron chi connectivity index (χ4n) is 2.80. The van der Waals surface area contributed by atoms with E-state index in [0.29, 0.717) is 16.9 Å². The minimum absolute atomic E-state index is 0.0272. The average molecular weight is 420 g/mol. The summed E-state index contributed by atoms with van der Waals surface area (Å²) in [6.07, 6.45) is 1.49. The molecule has 3 rings (SSSR count). The van der Waals surface area contributed by atoms with E-state index in [2.05, 4.69) is 9.71 Å². The van der Waals surface area contributed by atoms with E-state index in [9.17, 15) is 8.42 Å². The van der Waals surface area contributed by atoms with Gasteiger partial charge in [-0.1, -0.05) is 6.07 Å². The average Bonchev–Trinajstić information content (AvgIpc) is 2.88. The van der Waals surface area contributed by atoms with Crippen LogP contribution in [0, 0.1) is 0 Å². The van der Waals surface area contributed by atoms with E-state index in [1.807, 2.05) is 27.7 Å². The van der Waals surface area contributed by atoms with Crippen LogP contribution in [0.15, 0.2) is 41.4 Å². The summed E-state index contributed by atoms with van der Waals surface area (Å²) < 4.78 is 51.0. The van der Waals surface area contributed by atoms with Gasteiger partial charge in [0.25, 0.3) is 10.0 Å². The highest BCUT2D eigenvalue weighted by atomic mass is 32.2. The molecule has 2 aromatic rings. The van der Waals surface area contributed by atoms with Crippen molar-refractivity contribution < 1.29 is 27.2 Å². The number of benzene rings is 1. The Kier molecular flexibility index (Phi) is 5.55. The SMILES string of the molecule is COc1cccc(NS(=O)(=O)c2cc(B3OC(C)(C)C(C)(C)O3)cnc2OC)c1. The molecule has 0 amide bonds. The van der Waals surface area contributed by atoms with Gasteiger partial charge in [0.2, 0.25) is 5.88 Å². The van der Waals surface area contributed by atoms with E-state index in [0.717, 1.165) is 0 Å². The molecule has 0 aliphatic carbocycles. The molecule has 1 aliphatic heterocycles. The smallest absolute Gasteiger partial charge is 0.496 e. The molecule has 10 heteroatoms. The normalized spacial score (nSPS) is 17.8. The summed E-state index contributed by atoms with van der Waals surface area (Å²) in [5, 5.41) is 0. The second-order valence-electron chi connectivity index (χ2n) is 7.70. The molecule has 1 saturated heterocycles. The number of ether oxygens (including phenoxy) is 2. The summed E-state index contributed by atoms with van der Waals surface area (Å²) >= 11 is 0. The number of pyridine rings is 1. The standard InChI is InChI=1S/C19H25BN2O6S/c1-18(2)19(3,4)28-20(27-18)13-10-16(17(26-6)21-12-13)29(23,24)22-14-8-7-9-15(11-14)25-5/h7-12,22H,1-6H3. The van der Waals surface area contributed by atoms with E-state index in [-0.39, 0.29) is 10.8 Å². The summed E-state index contributed by atoms with van der Waals surface area (Å²) in [4.78, 5) is 4.04. The zero-order valence-corrected chi connectivity index (χ0v) is 18.2. The Labute approximate surface area is 171 Å². The Balaban J connectivity index is 1.97. The van der Waals surface area contributed by atoms with Gasteiger partial charge in [0, 0.05) is 17.7 Å². The zero-order valence-electron chi connectivity index (χ0n) is 17.3. The summed E-state index contributed by atoms with van der Waals surface area (Å²) in [6, 6.07) is 8.07. The van der Waals surface area contributed by atoms with Crippen LogP contribution in [0.4, 0.5) is 5.69 Å². The van der Waals surface area contributed by atoms with E-state index in [1.54, 1.807) is 24.3 Å². The third-order valence-electron chi connectivity index (χ3n) is 5.17. The Bertz CT molecular complexity index is 994. The number of anilines is 1. The fourth-order valence-corrected chi connectivity index (χ4v) is 4.00. The van der Waals surface area contributed by atoms with Crippen molar-refractivity contribution in [2.75, 3.05) is 18.9 Å². The van der Waals surface area contributed by atoms with Crippen molar-refractivity contribution >= 4 is 28.3 Å². The number of sulfonamides is 1. The van der Waals surface area contributed by atoms with Gasteiger partial charge in [-0.3, -0.25) is 4.72 Å². The first kappa shape index (κ1) is 21.4. The van der Waals surface area contributed by atoms with Crippen LogP contribution in [-0.4, -0.2) is 45.9 Å². The molecule has 29 heavy (non-hydrogen) atoms. The predicted octanol–water partition coefficient (Wildman–Crippen LogP) is 2.20. The predicted molar refractivity (Wildman–Crippen MR) is 110 cm³/mol. The van der Waals surface area contributed by atoms with E-state index in [4.69, 9.17) is 18.8 Å². The first-order chi connectivity index (χ1) is 13.5. The van der Waals surface area contributed by atoms with E-state index >= 15 is 0 Å². The Hall–Kier alpha value is -2.30. The first-order valence-electron chi connectivity index (χ1n) is 9.05. The minimum atomic E-state index is -3.99. The maximum absolute atomic E-state index is 13.0. The van der Waals surface area contributed by atoms with Gasteiger partial charge in [-0.05, 0) is 45.9 Å². The number of rotatable bonds is 6. The van der Waals surface area contributed by atoms with Crippen LogP contribution in [0.5, 0.6) is 11.6 Å². The molecule has 1 aromatic carbocycles. The quantitative estimate of drug-likeness (QED) is 0.716. The molecule has 156 valence electrons. The van der Waals surface area contributed by atoms with Crippen molar-refractivity contribution in [1.82, 2.24) is 4.98 Å². The summed E-state index contributed by atoms with van der Waals surface area (Å²) in [6.45, 7) is 7.69. The van der Waals surface area contributed by atoms with Gasteiger partial charge in [-0.15, -0.1) is 0 Å². The molecule has 1 aromatic heterocycles. The lowest BCUT2D eigenvalue weighted by atomic mass is 9.80. The highest BCUT2D eigenvalue weighted by Crippen LogP contribution is 2.36. The van der Waals surface area contributed by atoms with Gasteiger partial charge in [-0.25, -0.2) is 13.4 Å². The second kappa shape index (κ2) is 7.51. The number of hydrogen-bond donors (Lipinski definition) is 1. The minimum Gasteiger partial charge on any atom is -0.497 e. The van der Waals surface area contributed by atoms with Gasteiger partial charge >= 0.3 is 7.12 Å². The molecule has 1 aliphatic rings. The van der Waals surface area contributed by atoms with Crippen LogP contribution >= 0.6 is 0 Å². The Morgan fingerprint density at radius 3 is 2.28 bits per heavy atom. The molecule has 8 nitrogen and oxygen atoms in total. The van der Waals surface area contributed by atoms with Crippen molar-refractivity contribution in [2.45, 2.75) is 43.8 Å². The maximum Gasteiger partial charge on any atom is 0.496 e. The summed E-state index contributed by atoms with van der Waals surface area (Å²) in [5.41, 5.74) is -0.284. The van der Waals surface area contributed by atoms with Crippen molar-refractivity contribution in [2.24, 2.45) is 0 Å². The van der Waals surface area contributed by atoms with E-state index in [1.165, 1.54) is 26.5 Å². The largest absolute Gasteiger partial charge is 0.497 e. The van der Waals surface area contributed by atoms with Crippen LogP contribution in [0.2, 0.25) is 0 Å². The van der Waals surface area contributed by atoms with Gasteiger partial charge in [0.15, 0.2) is 0 Å². The van der Waals surface area contributed by atoms with Crippen LogP contribution in [-0.2, 0) is 19.3 Å². The second-order valence-corrected chi connectivity index (χ2v) is 9.35. The molecule has 0 spiro atoms. The topological polar surface area (TPSA) is 96.0 Å². The van der Waals surface area contributed by atoms with Gasteiger partial charge < -0.3 is 18.8 Å². The number of aromatic nitrogens is 1. The van der Waals surface area contributed by atoms with Crippen LogP contribution < -0.4 is 19.7 Å². The molecule has 2 heterocycles. The monoisotopic (exact) mass is 420 g/mol. The van der Waals surface area contributed by atoms with Crippen molar-refractivity contribution in [3.8, 4) is 11.6 Å². The molecular formula is C19H25BN2O6S. The molecule has 1 N–H and O–H groups in total. The number of methoxy groups -OCH3 is 2. The molecular weight excluding hydrogens is 395 g/mol. The highest BCUT2D eigenvalue weighted by Gasteiger charge is 2.52. The maximum atomic E-state index is 13.0. The zero-order chi connectivity index (χ0) is 21.4.